The minimum atomic E-state index is -0.796. The summed E-state index contributed by atoms with van der Waals surface area (Å²) in [6.45, 7) is 4.22. The second-order valence-corrected chi connectivity index (χ2v) is 4.97. The Morgan fingerprint density at radius 2 is 2.06 bits per heavy atom. The molecule has 0 bridgehead atoms. The molecule has 1 saturated carbocycles. The minimum Gasteiger partial charge on any atom is -0.481 e. The number of carbonyl (C=O) groups excluding carboxylic acids is 1. The lowest BCUT2D eigenvalue weighted by atomic mass is 9.69. The first-order valence-corrected chi connectivity index (χ1v) is 6.17. The van der Waals surface area contributed by atoms with Crippen LogP contribution in [0.5, 0.6) is 0 Å². The summed E-state index contributed by atoms with van der Waals surface area (Å²) >= 11 is 0. The number of carbonyl (C=O) groups is 2. The number of hydrogen-bond acceptors (Lipinski definition) is 2. The van der Waals surface area contributed by atoms with Crippen LogP contribution in [0.1, 0.15) is 39.5 Å². The van der Waals surface area contributed by atoms with Crippen molar-refractivity contribution in [2.24, 2.45) is 5.41 Å². The Labute approximate surface area is 102 Å². The van der Waals surface area contributed by atoms with Gasteiger partial charge in [-0.1, -0.05) is 13.3 Å². The first-order valence-electron chi connectivity index (χ1n) is 6.17. The summed E-state index contributed by atoms with van der Waals surface area (Å²) < 4.78 is 0. The van der Waals surface area contributed by atoms with E-state index in [0.29, 0.717) is 12.8 Å². The lowest BCUT2D eigenvalue weighted by Gasteiger charge is -2.38. The van der Waals surface area contributed by atoms with E-state index in [1.165, 1.54) is 0 Å². The van der Waals surface area contributed by atoms with Crippen LogP contribution in [0.25, 0.3) is 0 Å². The first kappa shape index (κ1) is 13.8. The molecule has 17 heavy (non-hydrogen) atoms. The van der Waals surface area contributed by atoms with Crippen molar-refractivity contribution in [3.05, 3.63) is 0 Å². The van der Waals surface area contributed by atoms with E-state index in [-0.39, 0.29) is 18.6 Å². The molecule has 0 aromatic heterocycles. The number of nitrogens with zero attached hydrogens (tertiary/aromatic N) is 1. The Kier molecular flexibility index (Phi) is 4.37. The molecule has 0 heterocycles. The summed E-state index contributed by atoms with van der Waals surface area (Å²) in [4.78, 5) is 24.5. The molecule has 98 valence electrons. The van der Waals surface area contributed by atoms with E-state index in [2.05, 4.69) is 5.32 Å². The van der Waals surface area contributed by atoms with Gasteiger partial charge in [0.1, 0.15) is 0 Å². The van der Waals surface area contributed by atoms with Crippen LogP contribution >= 0.6 is 0 Å². The van der Waals surface area contributed by atoms with Crippen molar-refractivity contribution in [2.45, 2.75) is 45.6 Å². The molecule has 1 atom stereocenters. The molecule has 1 fully saturated rings. The lowest BCUT2D eigenvalue weighted by molar-refractivity contribution is -0.153. The Morgan fingerprint density at radius 1 is 1.47 bits per heavy atom. The molecule has 1 aliphatic rings. The molecule has 0 aromatic rings. The van der Waals surface area contributed by atoms with Crippen LogP contribution < -0.4 is 5.32 Å². The molecular weight excluding hydrogens is 220 g/mol. The quantitative estimate of drug-likeness (QED) is 0.770. The number of aliphatic carboxylic acids is 1. The summed E-state index contributed by atoms with van der Waals surface area (Å²) in [6.07, 6.45) is 3.14. The second-order valence-electron chi connectivity index (χ2n) is 4.97. The summed E-state index contributed by atoms with van der Waals surface area (Å²) in [5, 5.41) is 11.9. The van der Waals surface area contributed by atoms with E-state index in [4.69, 9.17) is 5.11 Å². The predicted octanol–water partition coefficient (Wildman–Crippen LogP) is 1.68. The molecule has 0 aliphatic heterocycles. The Hall–Kier alpha value is -1.26. The molecule has 0 radical (unpaired) electrons. The molecule has 2 N–H and O–H groups in total. The molecular formula is C12H22N2O3. The fourth-order valence-electron chi connectivity index (χ4n) is 1.91. The third kappa shape index (κ3) is 2.90. The Balaban J connectivity index is 2.45. The van der Waals surface area contributed by atoms with Crippen LogP contribution in [0.15, 0.2) is 0 Å². The average Bonchev–Trinajstić information content (AvgIpc) is 2.24. The fraction of sp³-hybridized carbons (Fsp3) is 0.833. The van der Waals surface area contributed by atoms with Gasteiger partial charge in [0, 0.05) is 19.6 Å². The van der Waals surface area contributed by atoms with Gasteiger partial charge in [-0.25, -0.2) is 4.79 Å². The van der Waals surface area contributed by atoms with Crippen LogP contribution in [0.2, 0.25) is 0 Å². The predicted molar refractivity (Wildman–Crippen MR) is 64.8 cm³/mol. The molecule has 5 heteroatoms. The van der Waals surface area contributed by atoms with Crippen molar-refractivity contribution in [1.29, 1.82) is 0 Å². The van der Waals surface area contributed by atoms with Crippen molar-refractivity contribution in [2.75, 3.05) is 13.6 Å². The summed E-state index contributed by atoms with van der Waals surface area (Å²) in [5.74, 6) is -0.796. The summed E-state index contributed by atoms with van der Waals surface area (Å²) in [7, 11) is 1.73. The highest BCUT2D eigenvalue weighted by Gasteiger charge is 2.44. The van der Waals surface area contributed by atoms with E-state index < -0.39 is 11.4 Å². The monoisotopic (exact) mass is 242 g/mol. The van der Waals surface area contributed by atoms with Crippen molar-refractivity contribution in [3.63, 3.8) is 0 Å². The number of hydrogen-bond donors (Lipinski definition) is 2. The van der Waals surface area contributed by atoms with E-state index in [9.17, 15) is 9.59 Å². The van der Waals surface area contributed by atoms with Crippen molar-refractivity contribution < 1.29 is 14.7 Å². The number of amides is 2. The smallest absolute Gasteiger partial charge is 0.317 e. The van der Waals surface area contributed by atoms with Gasteiger partial charge in [-0.3, -0.25) is 4.79 Å². The summed E-state index contributed by atoms with van der Waals surface area (Å²) in [6, 6.07) is -0.0240. The molecule has 5 nitrogen and oxygen atoms in total. The molecule has 1 aliphatic carbocycles. The fourth-order valence-corrected chi connectivity index (χ4v) is 1.91. The van der Waals surface area contributed by atoms with E-state index in [0.717, 1.165) is 12.8 Å². The maximum atomic E-state index is 11.8. The number of rotatable bonds is 5. The number of urea groups is 1. The van der Waals surface area contributed by atoms with Gasteiger partial charge in [-0.2, -0.15) is 0 Å². The third-order valence-corrected chi connectivity index (χ3v) is 3.91. The molecule has 0 spiro atoms. The molecule has 1 rings (SSSR count). The Morgan fingerprint density at radius 3 is 2.41 bits per heavy atom. The van der Waals surface area contributed by atoms with Crippen LogP contribution in [0.4, 0.5) is 4.79 Å². The van der Waals surface area contributed by atoms with Gasteiger partial charge in [-0.15, -0.1) is 0 Å². The SMILES string of the molecule is CCC(C)N(C)C(=O)NCC1(C(=O)O)CCC1. The molecule has 1 unspecified atom stereocenters. The van der Waals surface area contributed by atoms with Crippen LogP contribution in [0.3, 0.4) is 0 Å². The molecule has 0 saturated heterocycles. The average molecular weight is 242 g/mol. The molecule has 2 amide bonds. The largest absolute Gasteiger partial charge is 0.481 e. The minimum absolute atomic E-state index is 0.164. The van der Waals surface area contributed by atoms with E-state index in [1.807, 2.05) is 13.8 Å². The topological polar surface area (TPSA) is 69.6 Å². The number of carboxylic acids is 1. The van der Waals surface area contributed by atoms with Gasteiger partial charge in [-0.05, 0) is 26.2 Å². The van der Waals surface area contributed by atoms with Gasteiger partial charge >= 0.3 is 12.0 Å². The normalized spacial score (nSPS) is 19.0. The highest BCUT2D eigenvalue weighted by Crippen LogP contribution is 2.40. The number of nitrogens with one attached hydrogen (secondary N) is 1. The van der Waals surface area contributed by atoms with Crippen LogP contribution in [-0.4, -0.2) is 41.6 Å². The van der Waals surface area contributed by atoms with Crippen molar-refractivity contribution in [3.8, 4) is 0 Å². The van der Waals surface area contributed by atoms with E-state index >= 15 is 0 Å². The maximum Gasteiger partial charge on any atom is 0.317 e. The van der Waals surface area contributed by atoms with Crippen LogP contribution in [0, 0.1) is 5.41 Å². The summed E-state index contributed by atoms with van der Waals surface area (Å²) in [5.41, 5.74) is -0.716. The zero-order valence-electron chi connectivity index (χ0n) is 10.8. The Bertz CT molecular complexity index is 300. The highest BCUT2D eigenvalue weighted by atomic mass is 16.4. The lowest BCUT2D eigenvalue weighted by Crippen LogP contribution is -2.51. The van der Waals surface area contributed by atoms with Gasteiger partial charge < -0.3 is 15.3 Å². The standard InChI is InChI=1S/C12H22N2O3/c1-4-9(2)14(3)11(17)13-8-12(10(15)16)6-5-7-12/h9H,4-8H2,1-3H3,(H,13,17)(H,15,16). The van der Waals surface area contributed by atoms with E-state index in [1.54, 1.807) is 11.9 Å². The molecule has 0 aromatic carbocycles. The highest BCUT2D eigenvalue weighted by molar-refractivity contribution is 5.78. The van der Waals surface area contributed by atoms with Crippen molar-refractivity contribution >= 4 is 12.0 Å². The van der Waals surface area contributed by atoms with Gasteiger partial charge in [0.15, 0.2) is 0 Å². The van der Waals surface area contributed by atoms with Crippen molar-refractivity contribution in [1.82, 2.24) is 10.2 Å². The van der Waals surface area contributed by atoms with Gasteiger partial charge in [0.25, 0.3) is 0 Å². The first-order chi connectivity index (χ1) is 7.93. The van der Waals surface area contributed by atoms with Gasteiger partial charge in [0.05, 0.1) is 5.41 Å². The maximum absolute atomic E-state index is 11.8. The van der Waals surface area contributed by atoms with Gasteiger partial charge in [0.2, 0.25) is 0 Å². The third-order valence-electron chi connectivity index (χ3n) is 3.91. The zero-order chi connectivity index (χ0) is 13.1. The number of carboxylic acid groups (broad SMARTS) is 1. The van der Waals surface area contributed by atoms with Crippen LogP contribution in [-0.2, 0) is 4.79 Å². The second kappa shape index (κ2) is 5.38. The zero-order valence-corrected chi connectivity index (χ0v) is 10.8.